The maximum absolute atomic E-state index is 9.63. The largest absolute Gasteiger partial charge is 0.456 e. The van der Waals surface area contributed by atoms with E-state index in [1.54, 1.807) is 0 Å². The fraction of sp³-hybridized carbons (Fsp3) is 0. The number of benzene rings is 7. The van der Waals surface area contributed by atoms with Crippen LogP contribution in [0, 0.1) is 0 Å². The van der Waals surface area contributed by atoms with E-state index in [9.17, 15) is 8.22 Å². The van der Waals surface area contributed by atoms with Crippen LogP contribution in [0.15, 0.2) is 174 Å². The van der Waals surface area contributed by atoms with E-state index in [1.807, 2.05) is 0 Å². The van der Waals surface area contributed by atoms with Crippen molar-refractivity contribution in [1.82, 2.24) is 9.97 Å². The van der Waals surface area contributed by atoms with E-state index in [0.29, 0.717) is 0 Å². The van der Waals surface area contributed by atoms with Gasteiger partial charge in [0.1, 0.15) is 11.5 Å². The SMILES string of the molecule is [2H]c1nc2c(c([2H])c1[2H])c([2H])c([2H])c1c([2H])c([2H])c(-c3c([2H])c([2H])c(-c4c([2H])c([2H])c([2H])c(-c5oc(-c6c([2H])c7c([2H])c([2H])c([2H])c([2H])c7c7c([2H])c([2H])c([2H])c([2H])c67)c([2H])c5[2H])c4[2H])c4c([2H])c([2H])c([2H])c([2H])c34)nc12. The summed E-state index contributed by atoms with van der Waals surface area (Å²) in [7, 11) is 0. The number of pyridine rings is 2. The zero-order valence-corrected chi connectivity index (χ0v) is 24.3. The highest BCUT2D eigenvalue weighted by Gasteiger charge is 2.15. The summed E-state index contributed by atoms with van der Waals surface area (Å²) in [4.78, 5) is 8.44. The lowest BCUT2D eigenvalue weighted by Crippen LogP contribution is -1.91. The molecule has 228 valence electrons. The zero-order chi connectivity index (χ0) is 56.7. The molecule has 0 bridgehead atoms. The molecule has 7 aromatic carbocycles. The van der Waals surface area contributed by atoms with Gasteiger partial charge in [0, 0.05) is 33.6 Å². The molecule has 0 amide bonds. The van der Waals surface area contributed by atoms with Crippen LogP contribution in [-0.4, -0.2) is 9.97 Å². The lowest BCUT2D eigenvalue weighted by Gasteiger charge is -2.13. The molecule has 0 unspecified atom stereocenters. The van der Waals surface area contributed by atoms with Crippen LogP contribution in [0.25, 0.3) is 99.2 Å². The molecule has 3 nitrogen and oxygen atoms in total. The van der Waals surface area contributed by atoms with Crippen LogP contribution in [-0.2, 0) is 0 Å². The Morgan fingerprint density at radius 1 is 0.408 bits per heavy atom. The van der Waals surface area contributed by atoms with Gasteiger partial charge in [-0.25, -0.2) is 4.98 Å². The second-order valence-corrected chi connectivity index (χ2v) is 10.4. The van der Waals surface area contributed by atoms with E-state index < -0.39 is 268 Å². The van der Waals surface area contributed by atoms with Crippen LogP contribution in [0.5, 0.6) is 0 Å². The van der Waals surface area contributed by atoms with Gasteiger partial charge >= 0.3 is 0 Å². The average molecular weight is 653 g/mol. The molecule has 0 fully saturated rings. The topological polar surface area (TPSA) is 38.9 Å². The summed E-state index contributed by atoms with van der Waals surface area (Å²) in [5, 5.41) is -4.52. The Morgan fingerprint density at radius 2 is 1.04 bits per heavy atom. The summed E-state index contributed by atoms with van der Waals surface area (Å²) < 4.78 is 255. The van der Waals surface area contributed by atoms with Crippen molar-refractivity contribution in [1.29, 1.82) is 0 Å². The van der Waals surface area contributed by atoms with Crippen LogP contribution in [0.3, 0.4) is 0 Å². The predicted molar refractivity (Wildman–Crippen MR) is 204 cm³/mol. The minimum absolute atomic E-state index is 0.439. The zero-order valence-electron chi connectivity index (χ0n) is 52.3. The Morgan fingerprint density at radius 3 is 1.90 bits per heavy atom. The third-order valence-electron chi connectivity index (χ3n) is 7.64. The average Bonchev–Trinajstić information content (AvgIpc) is 3.76. The minimum Gasteiger partial charge on any atom is -0.456 e. The molecule has 0 aliphatic carbocycles. The van der Waals surface area contributed by atoms with E-state index in [0.717, 1.165) is 0 Å². The van der Waals surface area contributed by atoms with Gasteiger partial charge in [0.05, 0.1) is 55.1 Å². The van der Waals surface area contributed by atoms with Crippen LogP contribution >= 0.6 is 0 Å². The number of nitrogens with zero attached hydrogens (tertiary/aromatic N) is 2. The summed E-state index contributed by atoms with van der Waals surface area (Å²) in [5.74, 6) is -1.77. The van der Waals surface area contributed by atoms with Crippen molar-refractivity contribution in [2.75, 3.05) is 0 Å². The molecule has 0 atom stereocenters. The molecule has 0 aliphatic heterocycles. The summed E-state index contributed by atoms with van der Waals surface area (Å²) in [5.41, 5.74) is -5.64. The summed E-state index contributed by atoms with van der Waals surface area (Å²) >= 11 is 0. The summed E-state index contributed by atoms with van der Waals surface area (Å²) in [6.07, 6.45) is -0.770. The van der Waals surface area contributed by atoms with Crippen LogP contribution in [0.2, 0.25) is 0 Å². The molecule has 3 heterocycles. The van der Waals surface area contributed by atoms with Crippen molar-refractivity contribution in [3.63, 3.8) is 0 Å². The van der Waals surface area contributed by atoms with Gasteiger partial charge in [-0.05, 0) is 79.7 Å². The van der Waals surface area contributed by atoms with Crippen molar-refractivity contribution in [3.05, 3.63) is 169 Å². The molecule has 0 saturated heterocycles. The second kappa shape index (κ2) is 11.0. The van der Waals surface area contributed by atoms with Crippen molar-refractivity contribution in [2.24, 2.45) is 0 Å². The Balaban J connectivity index is 1.32. The molecular weight excluding hydrogens is 597 g/mol. The third kappa shape index (κ3) is 4.51. The smallest absolute Gasteiger partial charge is 0.135 e. The molecule has 0 N–H and O–H groups in total. The number of rotatable bonds is 4. The van der Waals surface area contributed by atoms with Gasteiger partial charge in [-0.1, -0.05) is 127 Å². The second-order valence-electron chi connectivity index (χ2n) is 10.4. The van der Waals surface area contributed by atoms with E-state index in [1.165, 1.54) is 0 Å². The molecule has 0 aliphatic rings. The standard InChI is InChI=1S/C46H28N2O/c1-2-13-34-32(9-1)28-41(39-17-6-4-14-36(34)39)44-25-24-43(49-44)33-11-7-10-31(27-33)35-21-22-40(38-16-5-3-15-37(35)38)42-23-20-30-19-18-29-12-8-26-47-45(29)46(30)48-42/h1-28H/i1D,2D,3D,4D,5D,6D,7D,8D,9D,10D,11D,12D,13D,14D,15D,16D,17D,18D,19D,20D,21D,22D,23D,24D,25D,26D,27D,28D. The summed E-state index contributed by atoms with van der Waals surface area (Å²) in [6, 6.07) is -24.2. The van der Waals surface area contributed by atoms with E-state index >= 15 is 0 Å². The fourth-order valence-corrected chi connectivity index (χ4v) is 5.45. The highest BCUT2D eigenvalue weighted by atomic mass is 16.3. The molecule has 3 heteroatoms. The first-order chi connectivity index (χ1) is 35.9. The predicted octanol–water partition coefficient (Wildman–Crippen LogP) is 12.5. The van der Waals surface area contributed by atoms with Crippen LogP contribution < -0.4 is 0 Å². The molecule has 49 heavy (non-hydrogen) atoms. The van der Waals surface area contributed by atoms with Gasteiger partial charge in [-0.3, -0.25) is 4.98 Å². The van der Waals surface area contributed by atoms with E-state index in [-0.39, 0.29) is 0 Å². The number of furan rings is 1. The number of hydrogen-bond donors (Lipinski definition) is 0. The van der Waals surface area contributed by atoms with Crippen molar-refractivity contribution < 1.29 is 42.8 Å². The van der Waals surface area contributed by atoms with Crippen molar-refractivity contribution >= 4 is 54.1 Å². The van der Waals surface area contributed by atoms with Crippen molar-refractivity contribution in [2.45, 2.75) is 0 Å². The van der Waals surface area contributed by atoms with Crippen molar-refractivity contribution in [3.8, 4) is 45.0 Å². The highest BCUT2D eigenvalue weighted by molar-refractivity contribution is 6.13. The number of fused-ring (bicyclic) bond motifs is 7. The monoisotopic (exact) mass is 652 g/mol. The number of aromatic nitrogens is 2. The third-order valence-corrected chi connectivity index (χ3v) is 7.64. The molecule has 10 aromatic rings. The summed E-state index contributed by atoms with van der Waals surface area (Å²) in [6.45, 7) is 0. The fourth-order valence-electron chi connectivity index (χ4n) is 5.45. The lowest BCUT2D eigenvalue weighted by molar-refractivity contribution is 0.598. The first-order valence-electron chi connectivity index (χ1n) is 28.3. The maximum atomic E-state index is 9.63. The molecule has 3 aromatic heterocycles. The van der Waals surface area contributed by atoms with Gasteiger partial charge in [0.25, 0.3) is 0 Å². The Kier molecular flexibility index (Phi) is 2.59. The van der Waals surface area contributed by atoms with Gasteiger partial charge in [-0.2, -0.15) is 0 Å². The molecule has 0 saturated carbocycles. The Hall–Kier alpha value is -6.58. The lowest BCUT2D eigenvalue weighted by atomic mass is 9.92. The quantitative estimate of drug-likeness (QED) is 0.178. The van der Waals surface area contributed by atoms with Crippen LogP contribution in [0.4, 0.5) is 0 Å². The maximum Gasteiger partial charge on any atom is 0.135 e. The molecule has 10 rings (SSSR count). The Labute approximate surface area is 322 Å². The Bertz CT molecular complexity index is 4500. The van der Waals surface area contributed by atoms with Gasteiger partial charge < -0.3 is 4.42 Å². The van der Waals surface area contributed by atoms with E-state index in [2.05, 4.69) is 9.97 Å². The van der Waals surface area contributed by atoms with E-state index in [4.69, 9.17) is 34.6 Å². The minimum atomic E-state index is -1.07. The first kappa shape index (κ1) is 11.5. The highest BCUT2D eigenvalue weighted by Crippen LogP contribution is 2.40. The van der Waals surface area contributed by atoms with Gasteiger partial charge in [0.2, 0.25) is 0 Å². The molecular formula is C46H28N2O. The normalized spacial score (nSPS) is 19.7. The van der Waals surface area contributed by atoms with Crippen LogP contribution in [0.1, 0.15) is 38.4 Å². The molecule has 0 spiro atoms. The molecule has 0 radical (unpaired) electrons. The number of hydrogen-bond acceptors (Lipinski definition) is 3. The van der Waals surface area contributed by atoms with Gasteiger partial charge in [0.15, 0.2) is 0 Å². The first-order valence-corrected chi connectivity index (χ1v) is 14.3. The van der Waals surface area contributed by atoms with Gasteiger partial charge in [-0.15, -0.1) is 0 Å².